The standard InChI is InChI=1S/C11H14N2O5S/c1-19(17,18)7-5-9(11(15)16)13(8-14)10-4-2-3-6-12-10/h2-4,6,8-9H,5,7H2,1H3,(H,15,16). The van der Waals surface area contributed by atoms with Gasteiger partial charge in [-0.1, -0.05) is 6.07 Å². The quantitative estimate of drug-likeness (QED) is 0.704. The maximum Gasteiger partial charge on any atom is 0.326 e. The van der Waals surface area contributed by atoms with Crippen molar-refractivity contribution in [1.29, 1.82) is 0 Å². The number of carboxylic acid groups (broad SMARTS) is 1. The second-order valence-corrected chi connectivity index (χ2v) is 6.23. The number of pyridine rings is 1. The first-order chi connectivity index (χ1) is 8.85. The molecule has 0 fully saturated rings. The van der Waals surface area contributed by atoms with Gasteiger partial charge in [-0.15, -0.1) is 0 Å². The van der Waals surface area contributed by atoms with Crippen LogP contribution in [0.25, 0.3) is 0 Å². The smallest absolute Gasteiger partial charge is 0.326 e. The van der Waals surface area contributed by atoms with Crippen LogP contribution < -0.4 is 4.90 Å². The number of aliphatic carboxylic acids is 1. The van der Waals surface area contributed by atoms with Crippen LogP contribution in [-0.4, -0.2) is 48.9 Å². The Kier molecular flexibility index (Phi) is 4.99. The number of aromatic nitrogens is 1. The molecule has 1 atom stereocenters. The molecule has 104 valence electrons. The first kappa shape index (κ1) is 15.1. The molecule has 0 aliphatic heterocycles. The molecule has 1 N–H and O–H groups in total. The molecular formula is C11H14N2O5S. The molecule has 1 heterocycles. The van der Waals surface area contributed by atoms with Crippen molar-refractivity contribution in [2.45, 2.75) is 12.5 Å². The van der Waals surface area contributed by atoms with Gasteiger partial charge in [0.1, 0.15) is 21.7 Å². The Bertz CT molecular complexity index is 543. The first-order valence-electron chi connectivity index (χ1n) is 5.40. The average molecular weight is 286 g/mol. The van der Waals surface area contributed by atoms with Crippen LogP contribution in [0, 0.1) is 0 Å². The Morgan fingerprint density at radius 1 is 1.53 bits per heavy atom. The molecule has 1 aromatic heterocycles. The van der Waals surface area contributed by atoms with Gasteiger partial charge >= 0.3 is 5.97 Å². The molecule has 1 unspecified atom stereocenters. The number of carbonyl (C=O) groups is 2. The number of sulfone groups is 1. The molecule has 1 amide bonds. The summed E-state index contributed by atoms with van der Waals surface area (Å²) in [5, 5.41) is 9.11. The second kappa shape index (κ2) is 6.28. The predicted molar refractivity (Wildman–Crippen MR) is 68.5 cm³/mol. The van der Waals surface area contributed by atoms with Crippen LogP contribution in [0.2, 0.25) is 0 Å². The lowest BCUT2D eigenvalue weighted by Crippen LogP contribution is -2.42. The molecular weight excluding hydrogens is 272 g/mol. The van der Waals surface area contributed by atoms with Crippen molar-refractivity contribution in [2.75, 3.05) is 16.9 Å². The molecule has 1 aromatic rings. The van der Waals surface area contributed by atoms with Crippen LogP contribution in [0.4, 0.5) is 5.82 Å². The lowest BCUT2D eigenvalue weighted by atomic mass is 10.2. The fourth-order valence-electron chi connectivity index (χ4n) is 1.50. The van der Waals surface area contributed by atoms with Gasteiger partial charge in [0.15, 0.2) is 0 Å². The zero-order valence-electron chi connectivity index (χ0n) is 10.3. The van der Waals surface area contributed by atoms with Crippen LogP contribution in [0.5, 0.6) is 0 Å². The van der Waals surface area contributed by atoms with Crippen LogP contribution in [0.3, 0.4) is 0 Å². The SMILES string of the molecule is CS(=O)(=O)CCC(C(=O)O)N(C=O)c1ccccn1. The summed E-state index contributed by atoms with van der Waals surface area (Å²) in [6.45, 7) is 0. The van der Waals surface area contributed by atoms with Gasteiger partial charge in [-0.3, -0.25) is 9.69 Å². The summed E-state index contributed by atoms with van der Waals surface area (Å²) in [6, 6.07) is 3.44. The van der Waals surface area contributed by atoms with E-state index in [9.17, 15) is 18.0 Å². The molecule has 0 aliphatic rings. The van der Waals surface area contributed by atoms with Crippen molar-refractivity contribution in [3.05, 3.63) is 24.4 Å². The summed E-state index contributed by atoms with van der Waals surface area (Å²) in [7, 11) is -3.30. The Hall–Kier alpha value is -1.96. The van der Waals surface area contributed by atoms with Crippen molar-refractivity contribution in [1.82, 2.24) is 4.98 Å². The molecule has 0 spiro atoms. The first-order valence-corrected chi connectivity index (χ1v) is 7.46. The molecule has 7 nitrogen and oxygen atoms in total. The largest absolute Gasteiger partial charge is 0.480 e. The van der Waals surface area contributed by atoms with E-state index in [1.807, 2.05) is 0 Å². The van der Waals surface area contributed by atoms with E-state index in [0.29, 0.717) is 6.41 Å². The lowest BCUT2D eigenvalue weighted by Gasteiger charge is -2.23. The van der Waals surface area contributed by atoms with E-state index in [0.717, 1.165) is 11.2 Å². The fraction of sp³-hybridized carbons (Fsp3) is 0.364. The number of hydrogen-bond donors (Lipinski definition) is 1. The molecule has 0 saturated heterocycles. The van der Waals surface area contributed by atoms with E-state index in [2.05, 4.69) is 4.98 Å². The zero-order valence-corrected chi connectivity index (χ0v) is 11.1. The number of amides is 1. The van der Waals surface area contributed by atoms with E-state index in [4.69, 9.17) is 5.11 Å². The molecule has 0 radical (unpaired) electrons. The van der Waals surface area contributed by atoms with E-state index in [1.54, 1.807) is 12.1 Å². The highest BCUT2D eigenvalue weighted by Crippen LogP contribution is 2.14. The topological polar surface area (TPSA) is 105 Å². The lowest BCUT2D eigenvalue weighted by molar-refractivity contribution is -0.139. The Labute approximate surface area is 110 Å². The number of anilines is 1. The number of carbonyl (C=O) groups excluding carboxylic acids is 1. The van der Waals surface area contributed by atoms with E-state index < -0.39 is 21.8 Å². The monoisotopic (exact) mass is 286 g/mol. The predicted octanol–water partition coefficient (Wildman–Crippen LogP) is -0.0677. The van der Waals surface area contributed by atoms with Gasteiger partial charge in [0.05, 0.1) is 5.75 Å². The summed E-state index contributed by atoms with van der Waals surface area (Å²) in [5.74, 6) is -1.43. The molecule has 0 aliphatic carbocycles. The summed E-state index contributed by atoms with van der Waals surface area (Å²) in [6.07, 6.45) is 2.58. The van der Waals surface area contributed by atoms with E-state index >= 15 is 0 Å². The van der Waals surface area contributed by atoms with Gasteiger partial charge in [0, 0.05) is 12.5 Å². The second-order valence-electron chi connectivity index (χ2n) is 3.97. The number of rotatable bonds is 7. The Balaban J connectivity index is 2.96. The third kappa shape index (κ3) is 4.66. The van der Waals surface area contributed by atoms with Crippen LogP contribution >= 0.6 is 0 Å². The fourth-order valence-corrected chi connectivity index (χ4v) is 2.15. The van der Waals surface area contributed by atoms with Crippen molar-refractivity contribution < 1.29 is 23.1 Å². The molecule has 0 aromatic carbocycles. The molecule has 1 rings (SSSR count). The average Bonchev–Trinajstić information content (AvgIpc) is 2.33. The molecule has 8 heteroatoms. The molecule has 0 saturated carbocycles. The summed E-state index contributed by atoms with van der Waals surface area (Å²) in [5.41, 5.74) is 0. The van der Waals surface area contributed by atoms with Crippen LogP contribution in [0.15, 0.2) is 24.4 Å². The maximum absolute atomic E-state index is 11.2. The zero-order chi connectivity index (χ0) is 14.5. The normalized spacial score (nSPS) is 12.7. The summed E-state index contributed by atoms with van der Waals surface area (Å²) >= 11 is 0. The Morgan fingerprint density at radius 3 is 2.63 bits per heavy atom. The summed E-state index contributed by atoms with van der Waals surface area (Å²) in [4.78, 5) is 27.0. The molecule has 0 bridgehead atoms. The van der Waals surface area contributed by atoms with E-state index in [1.165, 1.54) is 12.3 Å². The van der Waals surface area contributed by atoms with Crippen molar-refractivity contribution >= 4 is 28.0 Å². The maximum atomic E-state index is 11.2. The number of nitrogens with zero attached hydrogens (tertiary/aromatic N) is 2. The van der Waals surface area contributed by atoms with Crippen LogP contribution in [-0.2, 0) is 19.4 Å². The van der Waals surface area contributed by atoms with E-state index in [-0.39, 0.29) is 18.0 Å². The highest BCUT2D eigenvalue weighted by atomic mass is 32.2. The molecule has 19 heavy (non-hydrogen) atoms. The summed E-state index contributed by atoms with van der Waals surface area (Å²) < 4.78 is 22.2. The number of carboxylic acids is 1. The highest BCUT2D eigenvalue weighted by Gasteiger charge is 2.27. The van der Waals surface area contributed by atoms with Gasteiger partial charge in [-0.2, -0.15) is 0 Å². The minimum Gasteiger partial charge on any atom is -0.480 e. The highest BCUT2D eigenvalue weighted by molar-refractivity contribution is 7.90. The van der Waals surface area contributed by atoms with Gasteiger partial charge < -0.3 is 5.11 Å². The minimum absolute atomic E-state index is 0.165. The third-order valence-corrected chi connectivity index (χ3v) is 3.39. The number of hydrogen-bond acceptors (Lipinski definition) is 5. The van der Waals surface area contributed by atoms with Crippen molar-refractivity contribution in [2.24, 2.45) is 0 Å². The van der Waals surface area contributed by atoms with Gasteiger partial charge in [-0.05, 0) is 18.6 Å². The van der Waals surface area contributed by atoms with Gasteiger partial charge in [-0.25, -0.2) is 18.2 Å². The van der Waals surface area contributed by atoms with Crippen LogP contribution in [0.1, 0.15) is 6.42 Å². The van der Waals surface area contributed by atoms with Crippen molar-refractivity contribution in [3.8, 4) is 0 Å². The third-order valence-electron chi connectivity index (χ3n) is 2.41. The van der Waals surface area contributed by atoms with Gasteiger partial charge in [0.25, 0.3) is 0 Å². The Morgan fingerprint density at radius 2 is 2.21 bits per heavy atom. The van der Waals surface area contributed by atoms with Crippen molar-refractivity contribution in [3.63, 3.8) is 0 Å². The minimum atomic E-state index is -3.30. The van der Waals surface area contributed by atoms with Gasteiger partial charge in [0.2, 0.25) is 6.41 Å².